The maximum absolute atomic E-state index is 13.2. The van der Waals surface area contributed by atoms with Gasteiger partial charge in [0.15, 0.2) is 6.61 Å². The van der Waals surface area contributed by atoms with Gasteiger partial charge in [-0.05, 0) is 66.8 Å². The van der Waals surface area contributed by atoms with Crippen molar-refractivity contribution in [1.29, 1.82) is 0 Å². The van der Waals surface area contributed by atoms with E-state index in [1.807, 2.05) is 42.5 Å². The van der Waals surface area contributed by atoms with Crippen molar-refractivity contribution in [3.05, 3.63) is 89.4 Å². The summed E-state index contributed by atoms with van der Waals surface area (Å²) in [6, 6.07) is 13.7. The Bertz CT molecular complexity index is 1440. The van der Waals surface area contributed by atoms with Gasteiger partial charge >= 0.3 is 12.0 Å². The van der Waals surface area contributed by atoms with Crippen molar-refractivity contribution in [1.82, 2.24) is 15.6 Å². The molecule has 3 amide bonds. The minimum Gasteiger partial charge on any atom is -0.467 e. The molecule has 36 heavy (non-hydrogen) atoms. The van der Waals surface area contributed by atoms with Crippen LogP contribution < -0.4 is 10.6 Å². The molecular weight excluding hydrogens is 462 g/mol. The first-order valence-electron chi connectivity index (χ1n) is 11.5. The molecular formula is C27H23N3O6. The first-order chi connectivity index (χ1) is 17.6. The van der Waals surface area contributed by atoms with Gasteiger partial charge in [0.25, 0.3) is 5.91 Å². The molecule has 0 bridgehead atoms. The van der Waals surface area contributed by atoms with Gasteiger partial charge in [-0.15, -0.1) is 0 Å². The number of furan rings is 2. The molecule has 5 rings (SSSR count). The van der Waals surface area contributed by atoms with Crippen molar-refractivity contribution in [3.8, 4) is 0 Å². The van der Waals surface area contributed by atoms with Gasteiger partial charge in [0.05, 0.1) is 35.8 Å². The number of rotatable bonds is 6. The molecule has 0 aliphatic heterocycles. The lowest BCUT2D eigenvalue weighted by atomic mass is 9.86. The van der Waals surface area contributed by atoms with E-state index in [2.05, 4.69) is 10.6 Å². The molecule has 0 spiro atoms. The van der Waals surface area contributed by atoms with Crippen LogP contribution in [0, 0.1) is 0 Å². The van der Waals surface area contributed by atoms with E-state index in [1.165, 1.54) is 6.26 Å². The minimum atomic E-state index is -0.745. The van der Waals surface area contributed by atoms with E-state index >= 15 is 0 Å². The monoisotopic (exact) mass is 485 g/mol. The van der Waals surface area contributed by atoms with E-state index in [1.54, 1.807) is 18.4 Å². The van der Waals surface area contributed by atoms with E-state index in [0.29, 0.717) is 34.4 Å². The summed E-state index contributed by atoms with van der Waals surface area (Å²) in [4.78, 5) is 42.3. The lowest BCUT2D eigenvalue weighted by molar-refractivity contribution is -0.123. The van der Waals surface area contributed by atoms with Crippen LogP contribution in [0.25, 0.3) is 22.6 Å². The van der Waals surface area contributed by atoms with Crippen LogP contribution in [0.15, 0.2) is 69.9 Å². The molecule has 0 saturated heterocycles. The molecule has 182 valence electrons. The molecule has 0 saturated carbocycles. The molecule has 1 aliphatic carbocycles. The fourth-order valence-electron chi connectivity index (χ4n) is 4.24. The Hall–Kier alpha value is -4.66. The summed E-state index contributed by atoms with van der Waals surface area (Å²) in [6.07, 6.45) is 7.29. The number of allylic oxidation sites excluding steroid dienone is 1. The topological polar surface area (TPSA) is 124 Å². The van der Waals surface area contributed by atoms with Crippen LogP contribution in [0.1, 0.15) is 46.0 Å². The maximum atomic E-state index is 13.2. The number of urea groups is 1. The van der Waals surface area contributed by atoms with Crippen LogP contribution in [-0.2, 0) is 22.5 Å². The molecule has 3 heterocycles. The highest BCUT2D eigenvalue weighted by Gasteiger charge is 2.26. The first-order valence-corrected chi connectivity index (χ1v) is 11.5. The van der Waals surface area contributed by atoms with Gasteiger partial charge in [-0.1, -0.05) is 18.2 Å². The number of nitrogens with zero attached hydrogens (tertiary/aromatic N) is 1. The first kappa shape index (κ1) is 23.1. The standard InChI is InChI=1S/C27H23N3O6/c31-23(30-27(33)28-15-19-8-5-13-35-19)16-36-26(32)24-20-9-1-2-11-22(20)29-25-17(6-3-10-21(24)25)14-18-7-4-12-34-18/h1-2,4-5,7-9,11-14H,3,6,10,15-16H2,(H2,28,30,31,33). The molecule has 1 aliphatic rings. The largest absolute Gasteiger partial charge is 0.467 e. The van der Waals surface area contributed by atoms with Crippen LogP contribution in [0.3, 0.4) is 0 Å². The zero-order chi connectivity index (χ0) is 24.9. The van der Waals surface area contributed by atoms with E-state index in [-0.39, 0.29) is 6.54 Å². The molecule has 2 N–H and O–H groups in total. The number of amides is 3. The van der Waals surface area contributed by atoms with Gasteiger partial charge in [0.2, 0.25) is 0 Å². The zero-order valence-electron chi connectivity index (χ0n) is 19.3. The Morgan fingerprint density at radius 1 is 1.00 bits per heavy atom. The summed E-state index contributed by atoms with van der Waals surface area (Å²) in [5, 5.41) is 5.29. The number of fused-ring (bicyclic) bond motifs is 2. The number of pyridine rings is 1. The van der Waals surface area contributed by atoms with Crippen LogP contribution in [0.5, 0.6) is 0 Å². The number of esters is 1. The Kier molecular flexibility index (Phi) is 6.61. The fourth-order valence-corrected chi connectivity index (χ4v) is 4.24. The molecule has 0 unspecified atom stereocenters. The molecule has 4 aromatic rings. The Labute approximate surface area is 206 Å². The number of para-hydroxylation sites is 1. The SMILES string of the molecule is O=C(COC(=O)c1c2c(nc3ccccc13)C(=Cc1ccco1)CCC2)NC(=O)NCc1ccco1. The average Bonchev–Trinajstić information content (AvgIpc) is 3.59. The summed E-state index contributed by atoms with van der Waals surface area (Å²) in [5.41, 5.74) is 3.51. The number of nitrogens with one attached hydrogen (secondary N) is 2. The van der Waals surface area contributed by atoms with E-state index in [4.69, 9.17) is 18.6 Å². The number of hydrogen-bond donors (Lipinski definition) is 2. The van der Waals surface area contributed by atoms with Crippen molar-refractivity contribution in [2.45, 2.75) is 25.8 Å². The number of benzene rings is 1. The summed E-state index contributed by atoms with van der Waals surface area (Å²) in [6.45, 7) is -0.484. The van der Waals surface area contributed by atoms with Gasteiger partial charge in [-0.3, -0.25) is 10.1 Å². The number of hydrogen-bond acceptors (Lipinski definition) is 7. The van der Waals surface area contributed by atoms with Crippen LogP contribution >= 0.6 is 0 Å². The van der Waals surface area contributed by atoms with Gasteiger partial charge in [0, 0.05) is 5.39 Å². The van der Waals surface area contributed by atoms with Crippen molar-refractivity contribution in [2.24, 2.45) is 0 Å². The molecule has 0 fully saturated rings. The summed E-state index contributed by atoms with van der Waals surface area (Å²) >= 11 is 0. The number of ether oxygens (including phenoxy) is 1. The second-order valence-corrected chi connectivity index (χ2v) is 8.26. The normalized spacial score (nSPS) is 13.8. The van der Waals surface area contributed by atoms with Gasteiger partial charge in [-0.2, -0.15) is 0 Å². The van der Waals surface area contributed by atoms with E-state index in [0.717, 1.165) is 29.7 Å². The number of carbonyl (C=O) groups is 3. The Morgan fingerprint density at radius 3 is 2.64 bits per heavy atom. The Morgan fingerprint density at radius 2 is 1.83 bits per heavy atom. The van der Waals surface area contributed by atoms with Crippen molar-refractivity contribution >= 4 is 40.5 Å². The Balaban J connectivity index is 1.34. The summed E-state index contributed by atoms with van der Waals surface area (Å²) in [5.74, 6) is -0.140. The second-order valence-electron chi connectivity index (χ2n) is 8.26. The van der Waals surface area contributed by atoms with Crippen LogP contribution in [0.2, 0.25) is 0 Å². The highest BCUT2D eigenvalue weighted by atomic mass is 16.5. The number of imide groups is 1. The van der Waals surface area contributed by atoms with E-state index in [9.17, 15) is 14.4 Å². The molecule has 9 nitrogen and oxygen atoms in total. The van der Waals surface area contributed by atoms with Crippen molar-refractivity contribution < 1.29 is 28.0 Å². The molecule has 0 atom stereocenters. The quantitative estimate of drug-likeness (QED) is 0.386. The van der Waals surface area contributed by atoms with Crippen molar-refractivity contribution in [3.63, 3.8) is 0 Å². The van der Waals surface area contributed by atoms with Crippen molar-refractivity contribution in [2.75, 3.05) is 6.61 Å². The average molecular weight is 485 g/mol. The van der Waals surface area contributed by atoms with Crippen LogP contribution in [0.4, 0.5) is 4.79 Å². The highest BCUT2D eigenvalue weighted by Crippen LogP contribution is 2.36. The smallest absolute Gasteiger partial charge is 0.339 e. The highest BCUT2D eigenvalue weighted by molar-refractivity contribution is 6.07. The number of carbonyl (C=O) groups excluding carboxylic acids is 3. The fraction of sp³-hybridized carbons (Fsp3) is 0.185. The predicted molar refractivity (Wildman–Crippen MR) is 131 cm³/mol. The lowest BCUT2D eigenvalue weighted by Crippen LogP contribution is -2.41. The lowest BCUT2D eigenvalue weighted by Gasteiger charge is -2.22. The zero-order valence-corrected chi connectivity index (χ0v) is 19.3. The third kappa shape index (κ3) is 5.05. The van der Waals surface area contributed by atoms with Gasteiger partial charge in [0.1, 0.15) is 11.5 Å². The summed E-state index contributed by atoms with van der Waals surface area (Å²) < 4.78 is 15.9. The van der Waals surface area contributed by atoms with Gasteiger partial charge in [-0.25, -0.2) is 14.6 Å². The molecule has 0 radical (unpaired) electrons. The molecule has 3 aromatic heterocycles. The van der Waals surface area contributed by atoms with E-state index < -0.39 is 24.5 Å². The molecule has 1 aromatic carbocycles. The third-order valence-corrected chi connectivity index (χ3v) is 5.82. The molecule has 9 heteroatoms. The summed E-state index contributed by atoms with van der Waals surface area (Å²) in [7, 11) is 0. The predicted octanol–water partition coefficient (Wildman–Crippen LogP) is 4.48. The second kappa shape index (κ2) is 10.3. The van der Waals surface area contributed by atoms with Crippen LogP contribution in [-0.4, -0.2) is 29.5 Å². The minimum absolute atomic E-state index is 0.120. The maximum Gasteiger partial charge on any atom is 0.339 e. The van der Waals surface area contributed by atoms with Gasteiger partial charge < -0.3 is 18.9 Å². The third-order valence-electron chi connectivity index (χ3n) is 5.82. The number of aromatic nitrogens is 1.